The van der Waals surface area contributed by atoms with E-state index in [0.29, 0.717) is 22.5 Å². The molecule has 0 heterocycles. The largest absolute Gasteiger partial charge is 0.459 e. The first-order valence-corrected chi connectivity index (χ1v) is 10.7. The summed E-state index contributed by atoms with van der Waals surface area (Å²) in [7, 11) is 0. The zero-order valence-electron chi connectivity index (χ0n) is 17.9. The predicted molar refractivity (Wildman–Crippen MR) is 122 cm³/mol. The summed E-state index contributed by atoms with van der Waals surface area (Å²) in [5, 5.41) is 0. The SMILES string of the molecule is CCC1CCC(OC(=O)c2ccc(C=CC(=O)OCc3cc(N)ccc3N)cc2)CC1. The predicted octanol–water partition coefficient (Wildman–Crippen LogP) is 4.73. The van der Waals surface area contributed by atoms with Crippen molar-refractivity contribution in [2.24, 2.45) is 5.92 Å². The maximum Gasteiger partial charge on any atom is 0.338 e. The summed E-state index contributed by atoms with van der Waals surface area (Å²) in [6.45, 7) is 2.26. The lowest BCUT2D eigenvalue weighted by Gasteiger charge is -2.27. The average molecular weight is 423 g/mol. The Hall–Kier alpha value is -3.28. The topological polar surface area (TPSA) is 105 Å². The quantitative estimate of drug-likeness (QED) is 0.380. The summed E-state index contributed by atoms with van der Waals surface area (Å²) in [4.78, 5) is 24.4. The number of anilines is 2. The molecule has 0 saturated heterocycles. The van der Waals surface area contributed by atoms with E-state index in [-0.39, 0.29) is 18.7 Å². The second-order valence-electron chi connectivity index (χ2n) is 7.98. The summed E-state index contributed by atoms with van der Waals surface area (Å²) in [5.74, 6) is -0.0292. The number of carbonyl (C=O) groups excluding carboxylic acids is 2. The number of ether oxygens (including phenoxy) is 2. The van der Waals surface area contributed by atoms with Gasteiger partial charge in [0.1, 0.15) is 12.7 Å². The Labute approximate surface area is 183 Å². The fraction of sp³-hybridized carbons (Fsp3) is 0.360. The minimum atomic E-state index is -0.493. The molecule has 2 aromatic carbocycles. The first kappa shape index (κ1) is 22.4. The van der Waals surface area contributed by atoms with Crippen LogP contribution in [0.3, 0.4) is 0 Å². The van der Waals surface area contributed by atoms with Gasteiger partial charge in [0.05, 0.1) is 5.56 Å². The van der Waals surface area contributed by atoms with Crippen molar-refractivity contribution in [3.8, 4) is 0 Å². The number of esters is 2. The van der Waals surface area contributed by atoms with Gasteiger partial charge in [-0.3, -0.25) is 0 Å². The van der Waals surface area contributed by atoms with Gasteiger partial charge >= 0.3 is 11.9 Å². The zero-order valence-corrected chi connectivity index (χ0v) is 17.9. The van der Waals surface area contributed by atoms with Gasteiger partial charge in [-0.05, 0) is 73.6 Å². The monoisotopic (exact) mass is 422 g/mol. The molecule has 0 amide bonds. The van der Waals surface area contributed by atoms with E-state index in [2.05, 4.69) is 6.92 Å². The number of benzene rings is 2. The number of rotatable bonds is 7. The number of nitrogen functional groups attached to an aromatic ring is 2. The average Bonchev–Trinajstić information content (AvgIpc) is 2.79. The Bertz CT molecular complexity index is 929. The Kier molecular flexibility index (Phi) is 7.70. The highest BCUT2D eigenvalue weighted by molar-refractivity contribution is 5.90. The molecule has 0 spiro atoms. The Morgan fingerprint density at radius 2 is 1.74 bits per heavy atom. The van der Waals surface area contributed by atoms with Gasteiger partial charge < -0.3 is 20.9 Å². The Morgan fingerprint density at radius 1 is 1.03 bits per heavy atom. The van der Waals surface area contributed by atoms with Crippen molar-refractivity contribution in [3.63, 3.8) is 0 Å². The van der Waals surface area contributed by atoms with Crippen LogP contribution in [0, 0.1) is 5.92 Å². The van der Waals surface area contributed by atoms with Crippen molar-refractivity contribution < 1.29 is 19.1 Å². The third-order valence-electron chi connectivity index (χ3n) is 5.74. The molecular formula is C25H30N2O4. The molecule has 31 heavy (non-hydrogen) atoms. The van der Waals surface area contributed by atoms with Crippen LogP contribution < -0.4 is 11.5 Å². The zero-order chi connectivity index (χ0) is 22.2. The van der Waals surface area contributed by atoms with Crippen LogP contribution in [0.15, 0.2) is 48.5 Å². The highest BCUT2D eigenvalue weighted by Crippen LogP contribution is 2.28. The molecule has 0 atom stereocenters. The Morgan fingerprint density at radius 3 is 2.42 bits per heavy atom. The molecule has 0 unspecified atom stereocenters. The van der Waals surface area contributed by atoms with Crippen LogP contribution in [0.2, 0.25) is 0 Å². The normalized spacial score (nSPS) is 18.6. The van der Waals surface area contributed by atoms with Crippen LogP contribution in [-0.4, -0.2) is 18.0 Å². The highest BCUT2D eigenvalue weighted by Gasteiger charge is 2.23. The summed E-state index contributed by atoms with van der Waals surface area (Å²) < 4.78 is 10.9. The van der Waals surface area contributed by atoms with E-state index in [1.807, 2.05) is 0 Å². The lowest BCUT2D eigenvalue weighted by Crippen LogP contribution is -2.24. The fourth-order valence-electron chi connectivity index (χ4n) is 3.72. The molecule has 6 nitrogen and oxygen atoms in total. The molecule has 1 fully saturated rings. The van der Waals surface area contributed by atoms with Crippen molar-refractivity contribution in [2.45, 2.75) is 51.7 Å². The molecule has 164 valence electrons. The van der Waals surface area contributed by atoms with E-state index >= 15 is 0 Å². The maximum atomic E-state index is 12.4. The molecule has 0 aliphatic heterocycles. The summed E-state index contributed by atoms with van der Waals surface area (Å²) >= 11 is 0. The summed E-state index contributed by atoms with van der Waals surface area (Å²) in [5.41, 5.74) is 14.6. The fourth-order valence-corrected chi connectivity index (χ4v) is 3.72. The van der Waals surface area contributed by atoms with Gasteiger partial charge in [-0.15, -0.1) is 0 Å². The van der Waals surface area contributed by atoms with E-state index in [4.69, 9.17) is 20.9 Å². The van der Waals surface area contributed by atoms with Gasteiger partial charge in [0.15, 0.2) is 0 Å². The molecule has 0 radical (unpaired) electrons. The molecule has 1 aliphatic rings. The minimum absolute atomic E-state index is 0.0126. The van der Waals surface area contributed by atoms with Crippen LogP contribution in [0.25, 0.3) is 6.08 Å². The second kappa shape index (κ2) is 10.7. The molecule has 6 heteroatoms. The lowest BCUT2D eigenvalue weighted by molar-refractivity contribution is -0.138. The van der Waals surface area contributed by atoms with Crippen LogP contribution >= 0.6 is 0 Å². The lowest BCUT2D eigenvalue weighted by atomic mass is 9.86. The smallest absolute Gasteiger partial charge is 0.338 e. The summed E-state index contributed by atoms with van der Waals surface area (Å²) in [6.07, 6.45) is 8.30. The van der Waals surface area contributed by atoms with Gasteiger partial charge in [0.25, 0.3) is 0 Å². The molecule has 2 aromatic rings. The molecule has 0 aromatic heterocycles. The molecular weight excluding hydrogens is 392 g/mol. The number of hydrogen-bond acceptors (Lipinski definition) is 6. The van der Waals surface area contributed by atoms with E-state index in [1.165, 1.54) is 12.5 Å². The minimum Gasteiger partial charge on any atom is -0.459 e. The van der Waals surface area contributed by atoms with Crippen molar-refractivity contribution in [3.05, 3.63) is 65.2 Å². The molecule has 1 saturated carbocycles. The molecule has 0 bridgehead atoms. The molecule has 3 rings (SSSR count). The van der Waals surface area contributed by atoms with Crippen molar-refractivity contribution in [2.75, 3.05) is 11.5 Å². The van der Waals surface area contributed by atoms with E-state index in [9.17, 15) is 9.59 Å². The standard InChI is InChI=1S/C25H30N2O4/c1-2-17-5-11-22(12-6-17)31-25(29)19-8-3-18(4-9-19)7-14-24(28)30-16-20-15-21(26)10-13-23(20)27/h3-4,7-10,13-15,17,22H,2,5-6,11-12,16,26-27H2,1H3. The van der Waals surface area contributed by atoms with Crippen molar-refractivity contribution in [1.29, 1.82) is 0 Å². The second-order valence-corrected chi connectivity index (χ2v) is 7.98. The first-order valence-electron chi connectivity index (χ1n) is 10.7. The summed E-state index contributed by atoms with van der Waals surface area (Å²) in [6, 6.07) is 12.0. The van der Waals surface area contributed by atoms with Gasteiger partial charge in [-0.1, -0.05) is 25.5 Å². The maximum absolute atomic E-state index is 12.4. The number of hydrogen-bond donors (Lipinski definition) is 2. The number of carbonyl (C=O) groups is 2. The Balaban J connectivity index is 1.48. The van der Waals surface area contributed by atoms with Gasteiger partial charge in [0, 0.05) is 23.0 Å². The van der Waals surface area contributed by atoms with E-state index < -0.39 is 5.97 Å². The number of nitrogens with two attached hydrogens (primary N) is 2. The van der Waals surface area contributed by atoms with Crippen LogP contribution in [0.1, 0.15) is 60.5 Å². The third kappa shape index (κ3) is 6.60. The molecule has 4 N–H and O–H groups in total. The van der Waals surface area contributed by atoms with Gasteiger partial charge in [-0.25, -0.2) is 9.59 Å². The van der Waals surface area contributed by atoms with Gasteiger partial charge in [-0.2, -0.15) is 0 Å². The molecule has 1 aliphatic carbocycles. The van der Waals surface area contributed by atoms with Crippen molar-refractivity contribution in [1.82, 2.24) is 0 Å². The van der Waals surface area contributed by atoms with Crippen LogP contribution in [-0.2, 0) is 20.9 Å². The van der Waals surface area contributed by atoms with E-state index in [0.717, 1.165) is 37.2 Å². The van der Waals surface area contributed by atoms with Gasteiger partial charge in [0.2, 0.25) is 0 Å². The third-order valence-corrected chi connectivity index (χ3v) is 5.74. The first-order chi connectivity index (χ1) is 14.9. The van der Waals surface area contributed by atoms with E-state index in [1.54, 1.807) is 48.5 Å². The highest BCUT2D eigenvalue weighted by atomic mass is 16.5. The van der Waals surface area contributed by atoms with Crippen molar-refractivity contribution >= 4 is 29.4 Å². The van der Waals surface area contributed by atoms with Crippen LogP contribution in [0.5, 0.6) is 0 Å². The van der Waals surface area contributed by atoms with Crippen LogP contribution in [0.4, 0.5) is 11.4 Å².